The second-order valence-corrected chi connectivity index (χ2v) is 5.26. The van der Waals surface area contributed by atoms with Gasteiger partial charge in [-0.2, -0.15) is 5.10 Å². The second kappa shape index (κ2) is 5.72. The van der Waals surface area contributed by atoms with Gasteiger partial charge >= 0.3 is 0 Å². The van der Waals surface area contributed by atoms with Gasteiger partial charge in [0.05, 0.1) is 5.69 Å². The van der Waals surface area contributed by atoms with Crippen LogP contribution in [-0.4, -0.2) is 25.7 Å². The fraction of sp³-hybridized carbons (Fsp3) is 0.182. The molecule has 0 aliphatic carbocycles. The number of primary sulfonamides is 1. The van der Waals surface area contributed by atoms with E-state index in [9.17, 15) is 18.0 Å². The van der Waals surface area contributed by atoms with E-state index in [0.29, 0.717) is 0 Å². The summed E-state index contributed by atoms with van der Waals surface area (Å²) >= 11 is 0. The molecule has 0 aromatic heterocycles. The number of carbonyl (C=O) groups is 2. The highest BCUT2D eigenvalue weighted by atomic mass is 32.2. The van der Waals surface area contributed by atoms with Crippen molar-refractivity contribution in [2.75, 3.05) is 5.43 Å². The highest BCUT2D eigenvalue weighted by Crippen LogP contribution is 2.19. The molecule has 0 aliphatic rings. The molecule has 0 aliphatic heterocycles. The molecule has 0 spiro atoms. The van der Waals surface area contributed by atoms with Crippen molar-refractivity contribution >= 4 is 33.0 Å². The zero-order valence-corrected chi connectivity index (χ0v) is 11.2. The van der Waals surface area contributed by atoms with E-state index in [1.165, 1.54) is 32.0 Å². The van der Waals surface area contributed by atoms with Crippen LogP contribution in [0.1, 0.15) is 13.8 Å². The average molecular weight is 283 g/mol. The third-order valence-electron chi connectivity index (χ3n) is 2.15. The number of nitrogens with one attached hydrogen (secondary N) is 1. The van der Waals surface area contributed by atoms with Crippen LogP contribution in [0.25, 0.3) is 0 Å². The van der Waals surface area contributed by atoms with Gasteiger partial charge in [0.2, 0.25) is 10.0 Å². The predicted molar refractivity (Wildman–Crippen MR) is 70.2 cm³/mol. The van der Waals surface area contributed by atoms with E-state index in [4.69, 9.17) is 5.14 Å². The predicted octanol–water partition coefficient (Wildman–Crippen LogP) is 0.280. The van der Waals surface area contributed by atoms with Crippen molar-refractivity contribution in [3.05, 3.63) is 24.3 Å². The monoisotopic (exact) mass is 283 g/mol. The molecule has 0 amide bonds. The smallest absolute Gasteiger partial charge is 0.240 e. The van der Waals surface area contributed by atoms with Crippen molar-refractivity contribution in [3.8, 4) is 0 Å². The van der Waals surface area contributed by atoms with Crippen LogP contribution in [0.5, 0.6) is 0 Å². The average Bonchev–Trinajstić information content (AvgIpc) is 2.27. The molecule has 19 heavy (non-hydrogen) atoms. The molecular formula is C11H13N3O4S. The summed E-state index contributed by atoms with van der Waals surface area (Å²) in [5.41, 5.74) is 2.16. The van der Waals surface area contributed by atoms with E-state index in [-0.39, 0.29) is 16.3 Å². The number of para-hydroxylation sites is 1. The molecule has 102 valence electrons. The zero-order valence-electron chi connectivity index (χ0n) is 10.4. The van der Waals surface area contributed by atoms with Crippen LogP contribution in [0, 0.1) is 0 Å². The van der Waals surface area contributed by atoms with Crippen molar-refractivity contribution in [3.63, 3.8) is 0 Å². The van der Waals surface area contributed by atoms with E-state index in [1.807, 2.05) is 0 Å². The number of ketones is 2. The third-order valence-corrected chi connectivity index (χ3v) is 3.12. The fourth-order valence-electron chi connectivity index (χ4n) is 1.33. The molecule has 3 N–H and O–H groups in total. The van der Waals surface area contributed by atoms with Crippen LogP contribution >= 0.6 is 0 Å². The number of benzene rings is 1. The molecule has 0 heterocycles. The molecular weight excluding hydrogens is 270 g/mol. The Morgan fingerprint density at radius 3 is 2.16 bits per heavy atom. The summed E-state index contributed by atoms with van der Waals surface area (Å²) in [6, 6.07) is 5.76. The first-order chi connectivity index (χ1) is 8.73. The topological polar surface area (TPSA) is 119 Å². The molecule has 0 atom stereocenters. The van der Waals surface area contributed by atoms with Crippen molar-refractivity contribution in [2.24, 2.45) is 10.2 Å². The summed E-state index contributed by atoms with van der Waals surface area (Å²) in [6.07, 6.45) is 0. The number of Topliss-reactive ketones (excluding diaryl/α,β-unsaturated/α-hetero) is 2. The normalized spacial score (nSPS) is 10.7. The first-order valence-electron chi connectivity index (χ1n) is 5.21. The molecule has 0 unspecified atom stereocenters. The minimum absolute atomic E-state index is 0.0880. The summed E-state index contributed by atoms with van der Waals surface area (Å²) in [4.78, 5) is 22.1. The maximum atomic E-state index is 11.3. The van der Waals surface area contributed by atoms with Crippen molar-refractivity contribution in [2.45, 2.75) is 18.7 Å². The lowest BCUT2D eigenvalue weighted by molar-refractivity contribution is -0.114. The van der Waals surface area contributed by atoms with Gasteiger partial charge in [-0.25, -0.2) is 13.6 Å². The van der Waals surface area contributed by atoms with Crippen LogP contribution in [0.4, 0.5) is 5.69 Å². The molecule has 0 fully saturated rings. The summed E-state index contributed by atoms with van der Waals surface area (Å²) in [5.74, 6) is -1.04. The lowest BCUT2D eigenvalue weighted by Crippen LogP contribution is -2.21. The van der Waals surface area contributed by atoms with Gasteiger partial charge in [0.15, 0.2) is 17.3 Å². The van der Waals surface area contributed by atoms with E-state index in [2.05, 4.69) is 10.5 Å². The number of hydrogen-bond acceptors (Lipinski definition) is 6. The molecule has 0 saturated heterocycles. The molecule has 8 heteroatoms. The maximum absolute atomic E-state index is 11.3. The van der Waals surface area contributed by atoms with Crippen molar-refractivity contribution in [1.29, 1.82) is 0 Å². The van der Waals surface area contributed by atoms with E-state index in [1.54, 1.807) is 6.07 Å². The van der Waals surface area contributed by atoms with E-state index >= 15 is 0 Å². The Labute approximate surface area is 110 Å². The SMILES string of the molecule is CC(=O)C(=NNc1ccccc1S(N)(=O)=O)C(C)=O. The Hall–Kier alpha value is -2.06. The molecule has 1 aromatic rings. The number of anilines is 1. The van der Waals surface area contributed by atoms with Gasteiger partial charge in [0.1, 0.15) is 4.90 Å². The standard InChI is InChI=1S/C11H13N3O4S/c1-7(15)11(8(2)16)14-13-9-5-3-4-6-10(9)19(12,17)18/h3-6,13H,1-2H3,(H2,12,17,18). The molecule has 7 nitrogen and oxygen atoms in total. The van der Waals surface area contributed by atoms with E-state index in [0.717, 1.165) is 0 Å². The number of hydrogen-bond donors (Lipinski definition) is 2. The number of hydrazone groups is 1. The number of nitrogens with two attached hydrogens (primary N) is 1. The lowest BCUT2D eigenvalue weighted by Gasteiger charge is -2.07. The Morgan fingerprint density at radius 2 is 1.68 bits per heavy atom. The number of nitrogens with zero attached hydrogens (tertiary/aromatic N) is 1. The summed E-state index contributed by atoms with van der Waals surface area (Å²) in [6.45, 7) is 2.38. The molecule has 1 rings (SSSR count). The van der Waals surface area contributed by atoms with E-state index < -0.39 is 21.6 Å². The quantitative estimate of drug-likeness (QED) is 0.457. The Morgan fingerprint density at radius 1 is 1.16 bits per heavy atom. The second-order valence-electron chi connectivity index (χ2n) is 3.73. The highest BCUT2D eigenvalue weighted by Gasteiger charge is 2.15. The van der Waals surface area contributed by atoms with Gasteiger partial charge in [-0.15, -0.1) is 0 Å². The van der Waals surface area contributed by atoms with Crippen LogP contribution in [0.2, 0.25) is 0 Å². The Bertz CT molecular complexity index is 634. The van der Waals surface area contributed by atoms with Crippen molar-refractivity contribution in [1.82, 2.24) is 0 Å². The van der Waals surface area contributed by atoms with Gasteiger partial charge in [-0.05, 0) is 12.1 Å². The van der Waals surface area contributed by atoms with Crippen LogP contribution in [-0.2, 0) is 19.6 Å². The minimum atomic E-state index is -3.92. The minimum Gasteiger partial charge on any atom is -0.293 e. The molecule has 1 aromatic carbocycles. The molecule has 0 radical (unpaired) electrons. The number of rotatable bonds is 5. The van der Waals surface area contributed by atoms with Crippen molar-refractivity contribution < 1.29 is 18.0 Å². The maximum Gasteiger partial charge on any atom is 0.240 e. The fourth-order valence-corrected chi connectivity index (χ4v) is 2.02. The van der Waals surface area contributed by atoms with Gasteiger partial charge < -0.3 is 0 Å². The van der Waals surface area contributed by atoms with Gasteiger partial charge in [0.25, 0.3) is 0 Å². The van der Waals surface area contributed by atoms with Gasteiger partial charge in [-0.1, -0.05) is 12.1 Å². The summed E-state index contributed by atoms with van der Waals surface area (Å²) < 4.78 is 22.6. The first kappa shape index (κ1) is 15.0. The Kier molecular flexibility index (Phi) is 4.52. The molecule has 0 bridgehead atoms. The number of carbonyl (C=O) groups excluding carboxylic acids is 2. The summed E-state index contributed by atoms with van der Waals surface area (Å²) in [5, 5.41) is 8.65. The first-order valence-corrected chi connectivity index (χ1v) is 6.75. The highest BCUT2D eigenvalue weighted by molar-refractivity contribution is 7.89. The van der Waals surface area contributed by atoms with Crippen LogP contribution in [0.15, 0.2) is 34.3 Å². The molecule has 0 saturated carbocycles. The van der Waals surface area contributed by atoms with Gasteiger partial charge in [0, 0.05) is 13.8 Å². The zero-order chi connectivity index (χ0) is 14.6. The largest absolute Gasteiger partial charge is 0.293 e. The van der Waals surface area contributed by atoms with Gasteiger partial charge in [-0.3, -0.25) is 15.0 Å². The van der Waals surface area contributed by atoms with Crippen LogP contribution < -0.4 is 10.6 Å². The summed E-state index contributed by atoms with van der Waals surface area (Å²) in [7, 11) is -3.92. The van der Waals surface area contributed by atoms with Crippen LogP contribution in [0.3, 0.4) is 0 Å². The Balaban J connectivity index is 3.18. The lowest BCUT2D eigenvalue weighted by atomic mass is 10.2. The number of sulfonamides is 1. The third kappa shape index (κ3) is 3.97.